The van der Waals surface area contributed by atoms with E-state index in [0.717, 1.165) is 37.2 Å². The summed E-state index contributed by atoms with van der Waals surface area (Å²) in [6, 6.07) is 4.30. The van der Waals surface area contributed by atoms with Gasteiger partial charge in [-0.3, -0.25) is 9.78 Å². The number of carboxylic acids is 2. The van der Waals surface area contributed by atoms with Crippen molar-refractivity contribution in [1.82, 2.24) is 14.8 Å². The largest absolute Gasteiger partial charge is 0.478 e. The van der Waals surface area contributed by atoms with E-state index in [1.165, 1.54) is 32.1 Å². The summed E-state index contributed by atoms with van der Waals surface area (Å²) in [7, 11) is 4.24. The maximum absolute atomic E-state index is 13.1. The topological polar surface area (TPSA) is 111 Å². The lowest BCUT2D eigenvalue weighted by Gasteiger charge is -2.35. The molecule has 1 aliphatic heterocycles. The molecular formula is C23H33N3O5. The predicted molar refractivity (Wildman–Crippen MR) is 117 cm³/mol. The van der Waals surface area contributed by atoms with Crippen LogP contribution in [0, 0.1) is 5.92 Å². The third kappa shape index (κ3) is 8.13. The molecular weight excluding hydrogens is 398 g/mol. The van der Waals surface area contributed by atoms with Gasteiger partial charge in [0.05, 0.1) is 11.3 Å². The molecule has 1 aromatic rings. The zero-order valence-corrected chi connectivity index (χ0v) is 18.4. The number of carbonyl (C=O) groups is 3. The Balaban J connectivity index is 0.000000366. The van der Waals surface area contributed by atoms with E-state index >= 15 is 0 Å². The van der Waals surface area contributed by atoms with Crippen molar-refractivity contribution in [3.05, 3.63) is 41.7 Å². The van der Waals surface area contributed by atoms with Gasteiger partial charge in [-0.25, -0.2) is 9.59 Å². The van der Waals surface area contributed by atoms with Crippen LogP contribution in [0.5, 0.6) is 0 Å². The van der Waals surface area contributed by atoms with Gasteiger partial charge in [-0.05, 0) is 64.4 Å². The van der Waals surface area contributed by atoms with Crippen LogP contribution in [0.25, 0.3) is 0 Å². The Labute approximate surface area is 183 Å². The van der Waals surface area contributed by atoms with Gasteiger partial charge in [-0.15, -0.1) is 0 Å². The van der Waals surface area contributed by atoms with Gasteiger partial charge in [0.25, 0.3) is 5.91 Å². The lowest BCUT2D eigenvalue weighted by atomic mass is 9.92. The molecule has 1 fully saturated rings. The Morgan fingerprint density at radius 2 is 1.81 bits per heavy atom. The summed E-state index contributed by atoms with van der Waals surface area (Å²) in [5.74, 6) is -1.79. The summed E-state index contributed by atoms with van der Waals surface area (Å²) in [5, 5.41) is 15.6. The van der Waals surface area contributed by atoms with E-state index in [9.17, 15) is 14.4 Å². The van der Waals surface area contributed by atoms with Crippen LogP contribution in [0.4, 0.5) is 0 Å². The molecule has 0 saturated heterocycles. The van der Waals surface area contributed by atoms with Crippen molar-refractivity contribution in [2.75, 3.05) is 27.2 Å². The van der Waals surface area contributed by atoms with Crippen LogP contribution in [-0.2, 0) is 16.0 Å². The second kappa shape index (κ2) is 12.2. The average Bonchev–Trinajstić information content (AvgIpc) is 2.88. The molecule has 2 aliphatic rings. The second-order valence-electron chi connectivity index (χ2n) is 8.42. The second-order valence-corrected chi connectivity index (χ2v) is 8.42. The molecule has 31 heavy (non-hydrogen) atoms. The highest BCUT2D eigenvalue weighted by molar-refractivity contribution is 5.95. The minimum atomic E-state index is -1.26. The Kier molecular flexibility index (Phi) is 9.65. The minimum Gasteiger partial charge on any atom is -0.478 e. The van der Waals surface area contributed by atoms with Crippen LogP contribution >= 0.6 is 0 Å². The van der Waals surface area contributed by atoms with Gasteiger partial charge in [0.2, 0.25) is 0 Å². The first-order chi connectivity index (χ1) is 14.8. The number of pyridine rings is 1. The zero-order valence-electron chi connectivity index (χ0n) is 18.4. The highest BCUT2D eigenvalue weighted by atomic mass is 16.4. The predicted octanol–water partition coefficient (Wildman–Crippen LogP) is 2.69. The number of hydrogen-bond acceptors (Lipinski definition) is 5. The molecule has 1 atom stereocenters. The number of aromatic nitrogens is 1. The fourth-order valence-corrected chi connectivity index (χ4v) is 4.13. The number of amides is 1. The maximum atomic E-state index is 13.1. The van der Waals surface area contributed by atoms with Crippen LogP contribution in [0.3, 0.4) is 0 Å². The number of rotatable bonds is 6. The van der Waals surface area contributed by atoms with Crippen molar-refractivity contribution in [2.24, 2.45) is 5.92 Å². The monoisotopic (exact) mass is 431 g/mol. The SMILES string of the molecule is CN(C)CCC1Cc2ncccc2C(=O)N(C2CCCCC2)C1.O=C(O)/C=C/C(=O)O. The van der Waals surface area contributed by atoms with Crippen molar-refractivity contribution >= 4 is 17.8 Å². The average molecular weight is 432 g/mol. The Hall–Kier alpha value is -2.74. The highest BCUT2D eigenvalue weighted by Gasteiger charge is 2.33. The number of fused-ring (bicyclic) bond motifs is 1. The quantitative estimate of drug-likeness (QED) is 0.666. The Morgan fingerprint density at radius 1 is 1.16 bits per heavy atom. The smallest absolute Gasteiger partial charge is 0.328 e. The van der Waals surface area contributed by atoms with Crippen LogP contribution in [0.1, 0.15) is 54.6 Å². The van der Waals surface area contributed by atoms with Crippen molar-refractivity contribution in [1.29, 1.82) is 0 Å². The van der Waals surface area contributed by atoms with Gasteiger partial charge in [-0.1, -0.05) is 19.3 Å². The van der Waals surface area contributed by atoms with Crippen LogP contribution in [0.15, 0.2) is 30.5 Å². The first-order valence-electron chi connectivity index (χ1n) is 10.8. The fourth-order valence-electron chi connectivity index (χ4n) is 4.13. The van der Waals surface area contributed by atoms with Gasteiger partial charge >= 0.3 is 11.9 Å². The van der Waals surface area contributed by atoms with E-state index < -0.39 is 11.9 Å². The van der Waals surface area contributed by atoms with E-state index in [4.69, 9.17) is 10.2 Å². The number of carboxylic acid groups (broad SMARTS) is 2. The summed E-state index contributed by atoms with van der Waals surface area (Å²) in [4.78, 5) is 41.1. The minimum absolute atomic E-state index is 0.215. The number of aliphatic carboxylic acids is 2. The summed E-state index contributed by atoms with van der Waals surface area (Å²) in [6.45, 7) is 1.97. The van der Waals surface area contributed by atoms with Gasteiger partial charge in [0.15, 0.2) is 0 Å². The molecule has 2 heterocycles. The van der Waals surface area contributed by atoms with Gasteiger partial charge in [0.1, 0.15) is 0 Å². The molecule has 1 aliphatic carbocycles. The molecule has 1 unspecified atom stereocenters. The number of carbonyl (C=O) groups excluding carboxylic acids is 1. The van der Waals surface area contributed by atoms with Crippen molar-refractivity contribution < 1.29 is 24.6 Å². The molecule has 1 amide bonds. The van der Waals surface area contributed by atoms with Crippen molar-refractivity contribution in [2.45, 2.75) is 51.0 Å². The Bertz CT molecular complexity index is 771. The van der Waals surface area contributed by atoms with Crippen molar-refractivity contribution in [3.63, 3.8) is 0 Å². The molecule has 1 saturated carbocycles. The molecule has 8 nitrogen and oxygen atoms in total. The molecule has 0 bridgehead atoms. The molecule has 170 valence electrons. The first kappa shape index (κ1) is 24.5. The fraction of sp³-hybridized carbons (Fsp3) is 0.565. The van der Waals surface area contributed by atoms with E-state index in [0.29, 0.717) is 24.1 Å². The van der Waals surface area contributed by atoms with E-state index in [1.807, 2.05) is 18.3 Å². The molecule has 0 spiro atoms. The lowest BCUT2D eigenvalue weighted by molar-refractivity contribution is -0.134. The first-order valence-corrected chi connectivity index (χ1v) is 10.8. The molecule has 0 radical (unpaired) electrons. The number of hydrogen-bond donors (Lipinski definition) is 2. The third-order valence-electron chi connectivity index (χ3n) is 5.69. The summed E-state index contributed by atoms with van der Waals surface area (Å²) >= 11 is 0. The van der Waals surface area contributed by atoms with Gasteiger partial charge in [-0.2, -0.15) is 0 Å². The van der Waals surface area contributed by atoms with E-state index in [1.54, 1.807) is 0 Å². The molecule has 0 aromatic carbocycles. The standard InChI is InChI=1S/C19H29N3O.C4H4O4/c1-21(2)12-10-15-13-18-17(9-6-11-20-18)19(23)22(14-15)16-7-4-3-5-8-16;5-3(6)1-2-4(7)8/h6,9,11,15-16H,3-5,7-8,10,12-14H2,1-2H3;1-2H,(H,5,6)(H,7,8)/b;2-1+. The molecule has 2 N–H and O–H groups in total. The summed E-state index contributed by atoms with van der Waals surface area (Å²) < 4.78 is 0. The van der Waals surface area contributed by atoms with E-state index in [2.05, 4.69) is 28.9 Å². The lowest BCUT2D eigenvalue weighted by Crippen LogP contribution is -2.43. The van der Waals surface area contributed by atoms with Gasteiger partial charge < -0.3 is 20.0 Å². The summed E-state index contributed by atoms with van der Waals surface area (Å²) in [6.07, 6.45) is 11.2. The van der Waals surface area contributed by atoms with Crippen LogP contribution in [-0.4, -0.2) is 76.1 Å². The molecule has 8 heteroatoms. The molecule has 1 aromatic heterocycles. The summed E-state index contributed by atoms with van der Waals surface area (Å²) in [5.41, 5.74) is 1.84. The van der Waals surface area contributed by atoms with Crippen LogP contribution < -0.4 is 0 Å². The van der Waals surface area contributed by atoms with Crippen LogP contribution in [0.2, 0.25) is 0 Å². The maximum Gasteiger partial charge on any atom is 0.328 e. The Morgan fingerprint density at radius 3 is 2.39 bits per heavy atom. The van der Waals surface area contributed by atoms with E-state index in [-0.39, 0.29) is 5.91 Å². The van der Waals surface area contributed by atoms with Crippen molar-refractivity contribution in [3.8, 4) is 0 Å². The van der Waals surface area contributed by atoms with Gasteiger partial charge in [0, 0.05) is 30.9 Å². The highest BCUT2D eigenvalue weighted by Crippen LogP contribution is 2.29. The normalized spacial score (nSPS) is 19.5. The third-order valence-corrected chi connectivity index (χ3v) is 5.69. The number of nitrogens with zero attached hydrogens (tertiary/aromatic N) is 3. The zero-order chi connectivity index (χ0) is 22.8. The molecule has 3 rings (SSSR count).